The van der Waals surface area contributed by atoms with Crippen molar-refractivity contribution < 1.29 is 13.2 Å². The molecule has 1 heterocycles. The number of nitrogens with zero attached hydrogens (tertiary/aromatic N) is 2. The van der Waals surface area contributed by atoms with Crippen LogP contribution in [0, 0.1) is 6.92 Å². The molecule has 1 aromatic rings. The van der Waals surface area contributed by atoms with Crippen molar-refractivity contribution in [3.8, 4) is 0 Å². The van der Waals surface area contributed by atoms with E-state index in [9.17, 15) is 13.2 Å². The highest BCUT2D eigenvalue weighted by atomic mass is 32.2. The van der Waals surface area contributed by atoms with Gasteiger partial charge in [0.1, 0.15) is 9.84 Å². The lowest BCUT2D eigenvalue weighted by Crippen LogP contribution is -2.11. The molecule has 0 saturated carbocycles. The number of hydrogen-bond acceptors (Lipinski definition) is 4. The average Bonchev–Trinajstić information content (AvgIpc) is 2.42. The molecule has 5 nitrogen and oxygen atoms in total. The fourth-order valence-electron chi connectivity index (χ4n) is 1.02. The molecule has 0 N–H and O–H groups in total. The summed E-state index contributed by atoms with van der Waals surface area (Å²) in [6, 6.07) is 0. The van der Waals surface area contributed by atoms with Crippen LogP contribution in [0.25, 0.3) is 0 Å². The first-order valence-electron chi connectivity index (χ1n) is 4.09. The van der Waals surface area contributed by atoms with E-state index in [1.54, 1.807) is 13.1 Å². The van der Waals surface area contributed by atoms with Crippen LogP contribution in [0.2, 0.25) is 0 Å². The highest BCUT2D eigenvalue weighted by molar-refractivity contribution is 7.90. The second-order valence-corrected chi connectivity index (χ2v) is 5.44. The SMILES string of the molecule is Cc1nn(CCS(C)(=O)=O)cc1C=O. The van der Waals surface area contributed by atoms with Gasteiger partial charge in [0.05, 0.1) is 23.6 Å². The van der Waals surface area contributed by atoms with Crippen molar-refractivity contribution >= 4 is 16.1 Å². The second kappa shape index (κ2) is 3.91. The molecule has 0 atom stereocenters. The Morgan fingerprint density at radius 2 is 2.21 bits per heavy atom. The van der Waals surface area contributed by atoms with Gasteiger partial charge in [-0.25, -0.2) is 8.42 Å². The Bertz CT molecular complexity index is 433. The third-order valence-corrected chi connectivity index (χ3v) is 2.73. The molecule has 6 heteroatoms. The first-order valence-corrected chi connectivity index (χ1v) is 6.15. The minimum atomic E-state index is -2.98. The number of carbonyl (C=O) groups excluding carboxylic acids is 1. The van der Waals surface area contributed by atoms with Crippen molar-refractivity contribution in [2.75, 3.05) is 12.0 Å². The van der Waals surface area contributed by atoms with Crippen LogP contribution in [0.4, 0.5) is 0 Å². The van der Waals surface area contributed by atoms with Crippen LogP contribution >= 0.6 is 0 Å². The molecule has 0 spiro atoms. The molecule has 0 aliphatic heterocycles. The van der Waals surface area contributed by atoms with Crippen molar-refractivity contribution in [1.82, 2.24) is 9.78 Å². The lowest BCUT2D eigenvalue weighted by Gasteiger charge is -1.98. The molecule has 0 bridgehead atoms. The van der Waals surface area contributed by atoms with Crippen LogP contribution in [-0.2, 0) is 16.4 Å². The predicted octanol–water partition coefficient (Wildman–Crippen LogP) is 0.0486. The van der Waals surface area contributed by atoms with Gasteiger partial charge in [-0.15, -0.1) is 0 Å². The van der Waals surface area contributed by atoms with E-state index in [1.807, 2.05) is 0 Å². The van der Waals surface area contributed by atoms with E-state index in [2.05, 4.69) is 5.10 Å². The van der Waals surface area contributed by atoms with Gasteiger partial charge in [-0.1, -0.05) is 0 Å². The van der Waals surface area contributed by atoms with E-state index in [-0.39, 0.29) is 12.3 Å². The summed E-state index contributed by atoms with van der Waals surface area (Å²) in [5.41, 5.74) is 1.12. The van der Waals surface area contributed by atoms with Crippen LogP contribution in [0.5, 0.6) is 0 Å². The van der Waals surface area contributed by atoms with Gasteiger partial charge in [0.15, 0.2) is 6.29 Å². The molecule has 0 aromatic carbocycles. The van der Waals surface area contributed by atoms with Gasteiger partial charge in [-0.2, -0.15) is 5.10 Å². The number of rotatable bonds is 4. The molecule has 1 aromatic heterocycles. The molecular weight excluding hydrogens is 204 g/mol. The van der Waals surface area contributed by atoms with Gasteiger partial charge >= 0.3 is 0 Å². The summed E-state index contributed by atoms with van der Waals surface area (Å²) in [4.78, 5) is 10.5. The monoisotopic (exact) mass is 216 g/mol. The highest BCUT2D eigenvalue weighted by Crippen LogP contribution is 2.02. The number of aldehydes is 1. The van der Waals surface area contributed by atoms with Crippen LogP contribution in [-0.4, -0.2) is 36.5 Å². The molecule has 0 radical (unpaired) electrons. The zero-order valence-corrected chi connectivity index (χ0v) is 8.91. The Labute approximate surface area is 82.7 Å². The van der Waals surface area contributed by atoms with Gasteiger partial charge in [-0.3, -0.25) is 9.48 Å². The molecule has 1 rings (SSSR count). The van der Waals surface area contributed by atoms with Gasteiger partial charge in [0.2, 0.25) is 0 Å². The Morgan fingerprint density at radius 3 is 2.64 bits per heavy atom. The van der Waals surface area contributed by atoms with Crippen molar-refractivity contribution in [2.45, 2.75) is 13.5 Å². The lowest BCUT2D eigenvalue weighted by molar-refractivity contribution is 0.112. The third-order valence-electron chi connectivity index (χ3n) is 1.80. The zero-order chi connectivity index (χ0) is 10.8. The maximum Gasteiger partial charge on any atom is 0.153 e. The maximum absolute atomic E-state index is 10.9. The topological polar surface area (TPSA) is 69.0 Å². The van der Waals surface area contributed by atoms with Crippen molar-refractivity contribution in [1.29, 1.82) is 0 Å². The fourth-order valence-corrected chi connectivity index (χ4v) is 1.54. The van der Waals surface area contributed by atoms with Crippen molar-refractivity contribution in [2.24, 2.45) is 0 Å². The highest BCUT2D eigenvalue weighted by Gasteiger charge is 2.06. The molecule has 78 valence electrons. The Balaban J connectivity index is 2.74. The summed E-state index contributed by atoms with van der Waals surface area (Å²) < 4.78 is 23.2. The third kappa shape index (κ3) is 2.95. The van der Waals surface area contributed by atoms with Crippen molar-refractivity contribution in [3.63, 3.8) is 0 Å². The molecule has 0 unspecified atom stereocenters. The van der Waals surface area contributed by atoms with Crippen LogP contribution in [0.3, 0.4) is 0 Å². The summed E-state index contributed by atoms with van der Waals surface area (Å²) in [6.07, 6.45) is 3.43. The molecule has 0 aliphatic carbocycles. The van der Waals surface area contributed by atoms with E-state index in [0.29, 0.717) is 17.5 Å². The second-order valence-electron chi connectivity index (χ2n) is 3.18. The summed E-state index contributed by atoms with van der Waals surface area (Å²) >= 11 is 0. The van der Waals surface area contributed by atoms with Gasteiger partial charge in [0, 0.05) is 12.5 Å². The molecular formula is C8H12N2O3S. The van der Waals surface area contributed by atoms with Gasteiger partial charge in [-0.05, 0) is 6.92 Å². The van der Waals surface area contributed by atoms with Crippen LogP contribution < -0.4 is 0 Å². The number of sulfone groups is 1. The molecule has 0 amide bonds. The van der Waals surface area contributed by atoms with E-state index in [1.165, 1.54) is 10.9 Å². The fraction of sp³-hybridized carbons (Fsp3) is 0.500. The number of aromatic nitrogens is 2. The van der Waals surface area contributed by atoms with E-state index in [0.717, 1.165) is 0 Å². The average molecular weight is 216 g/mol. The predicted molar refractivity (Wildman–Crippen MR) is 52.1 cm³/mol. The number of aryl methyl sites for hydroxylation is 2. The Hall–Kier alpha value is -1.17. The number of hydrogen-bond donors (Lipinski definition) is 0. The minimum Gasteiger partial charge on any atom is -0.298 e. The molecule has 0 aliphatic rings. The largest absolute Gasteiger partial charge is 0.298 e. The van der Waals surface area contributed by atoms with Gasteiger partial charge in [0.25, 0.3) is 0 Å². The van der Waals surface area contributed by atoms with Crippen molar-refractivity contribution in [3.05, 3.63) is 17.5 Å². The molecule has 14 heavy (non-hydrogen) atoms. The summed E-state index contributed by atoms with van der Waals surface area (Å²) in [5, 5.41) is 4.01. The summed E-state index contributed by atoms with van der Waals surface area (Å²) in [7, 11) is -2.98. The first-order chi connectivity index (χ1) is 6.42. The number of carbonyl (C=O) groups is 1. The summed E-state index contributed by atoms with van der Waals surface area (Å²) in [6.45, 7) is 1.99. The van der Waals surface area contributed by atoms with Gasteiger partial charge < -0.3 is 0 Å². The quantitative estimate of drug-likeness (QED) is 0.667. The lowest BCUT2D eigenvalue weighted by atomic mass is 10.3. The maximum atomic E-state index is 10.9. The molecule has 0 saturated heterocycles. The summed E-state index contributed by atoms with van der Waals surface area (Å²) in [5.74, 6) is 0.0341. The first kappa shape index (κ1) is 10.9. The van der Waals surface area contributed by atoms with Crippen LogP contribution in [0.1, 0.15) is 16.1 Å². The van der Waals surface area contributed by atoms with E-state index < -0.39 is 9.84 Å². The van der Waals surface area contributed by atoms with E-state index >= 15 is 0 Å². The smallest absolute Gasteiger partial charge is 0.153 e. The molecule has 0 fully saturated rings. The normalized spacial score (nSPS) is 11.6. The minimum absolute atomic E-state index is 0.0341. The van der Waals surface area contributed by atoms with Crippen LogP contribution in [0.15, 0.2) is 6.20 Å². The Kier molecular flexibility index (Phi) is 3.05. The standard InChI is InChI=1S/C8H12N2O3S/c1-7-8(6-11)5-10(9-7)3-4-14(2,12)13/h5-6H,3-4H2,1-2H3. The van der Waals surface area contributed by atoms with E-state index in [4.69, 9.17) is 0 Å². The zero-order valence-electron chi connectivity index (χ0n) is 8.10. The Morgan fingerprint density at radius 1 is 1.57 bits per heavy atom.